The third-order valence-corrected chi connectivity index (χ3v) is 4.78. The zero-order valence-electron chi connectivity index (χ0n) is 13.4. The number of aliphatic imine (C=N–C) groups is 1. The monoisotopic (exact) mass is 382 g/mol. The summed E-state index contributed by atoms with van der Waals surface area (Å²) in [6.07, 6.45) is 3.35. The second-order valence-corrected chi connectivity index (χ2v) is 6.92. The molecular formula is C19H12ClFN4S. The van der Waals surface area contributed by atoms with Gasteiger partial charge in [0.2, 0.25) is 0 Å². The van der Waals surface area contributed by atoms with Crippen molar-refractivity contribution in [1.29, 1.82) is 0 Å². The van der Waals surface area contributed by atoms with Crippen LogP contribution < -0.4 is 5.32 Å². The first-order chi connectivity index (χ1) is 12.7. The molecule has 0 saturated carbocycles. The van der Waals surface area contributed by atoms with E-state index in [9.17, 15) is 4.39 Å². The van der Waals surface area contributed by atoms with E-state index in [1.807, 2.05) is 24.3 Å². The molecule has 0 aliphatic rings. The minimum absolute atomic E-state index is 0.272. The minimum Gasteiger partial charge on any atom is -0.338 e. The van der Waals surface area contributed by atoms with Gasteiger partial charge in [-0.25, -0.2) is 19.4 Å². The molecule has 0 bridgehead atoms. The van der Waals surface area contributed by atoms with Gasteiger partial charge < -0.3 is 5.32 Å². The molecule has 4 rings (SSSR count). The molecule has 0 aliphatic carbocycles. The molecule has 7 heteroatoms. The van der Waals surface area contributed by atoms with Gasteiger partial charge in [-0.1, -0.05) is 11.6 Å². The van der Waals surface area contributed by atoms with Crippen molar-refractivity contribution < 1.29 is 4.39 Å². The van der Waals surface area contributed by atoms with Gasteiger partial charge >= 0.3 is 0 Å². The lowest BCUT2D eigenvalue weighted by molar-refractivity contribution is 0.630. The highest BCUT2D eigenvalue weighted by Crippen LogP contribution is 2.27. The van der Waals surface area contributed by atoms with Crippen molar-refractivity contribution in [3.63, 3.8) is 0 Å². The van der Waals surface area contributed by atoms with Gasteiger partial charge in [0, 0.05) is 16.9 Å². The lowest BCUT2D eigenvalue weighted by Gasteiger charge is -2.07. The molecule has 0 spiro atoms. The normalized spacial score (nSPS) is 11.3. The molecule has 4 aromatic rings. The molecule has 0 atom stereocenters. The summed E-state index contributed by atoms with van der Waals surface area (Å²) in [6.45, 7) is 0. The second kappa shape index (κ2) is 7.19. The fourth-order valence-corrected chi connectivity index (χ4v) is 3.35. The zero-order chi connectivity index (χ0) is 17.9. The number of halogens is 2. The van der Waals surface area contributed by atoms with Gasteiger partial charge in [-0.15, -0.1) is 11.3 Å². The summed E-state index contributed by atoms with van der Waals surface area (Å²) in [5.41, 5.74) is 2.29. The number of aromatic nitrogens is 2. The van der Waals surface area contributed by atoms with Gasteiger partial charge in [-0.05, 0) is 54.6 Å². The molecule has 1 N–H and O–H groups in total. The van der Waals surface area contributed by atoms with Crippen LogP contribution in [0.2, 0.25) is 5.02 Å². The van der Waals surface area contributed by atoms with E-state index in [1.165, 1.54) is 23.5 Å². The van der Waals surface area contributed by atoms with Crippen LogP contribution in [0.3, 0.4) is 0 Å². The minimum atomic E-state index is -0.272. The summed E-state index contributed by atoms with van der Waals surface area (Å²) < 4.78 is 14.1. The Hall–Kier alpha value is -2.83. The number of pyridine rings is 1. The van der Waals surface area contributed by atoms with Crippen molar-refractivity contribution in [2.45, 2.75) is 0 Å². The Morgan fingerprint density at radius 1 is 1.12 bits per heavy atom. The molecule has 0 fully saturated rings. The van der Waals surface area contributed by atoms with Crippen molar-refractivity contribution in [2.24, 2.45) is 4.99 Å². The summed E-state index contributed by atoms with van der Waals surface area (Å²) >= 11 is 7.30. The number of nitrogens with zero attached hydrogens (tertiary/aromatic N) is 3. The van der Waals surface area contributed by atoms with E-state index in [0.717, 1.165) is 15.9 Å². The predicted molar refractivity (Wildman–Crippen MR) is 106 cm³/mol. The molecule has 0 unspecified atom stereocenters. The first kappa shape index (κ1) is 16.6. The highest BCUT2D eigenvalue weighted by Gasteiger charge is 2.05. The van der Waals surface area contributed by atoms with Gasteiger partial charge in [0.15, 0.2) is 5.82 Å². The van der Waals surface area contributed by atoms with Crippen molar-refractivity contribution >= 4 is 56.6 Å². The first-order valence-electron chi connectivity index (χ1n) is 7.75. The molecule has 2 heterocycles. The fraction of sp³-hybridized carbons (Fsp3) is 0. The summed E-state index contributed by atoms with van der Waals surface area (Å²) in [6, 6.07) is 15.5. The Bertz CT molecular complexity index is 1090. The van der Waals surface area contributed by atoms with E-state index in [-0.39, 0.29) is 5.82 Å². The van der Waals surface area contributed by atoms with Crippen LogP contribution in [0.4, 0.5) is 21.6 Å². The number of benzene rings is 2. The van der Waals surface area contributed by atoms with E-state index in [1.54, 1.807) is 30.6 Å². The SMILES string of the molecule is Fc1ccc2nc(C=Nc3cccnc3Nc3ccc(Cl)cc3)sc2c1. The molecule has 128 valence electrons. The Labute approximate surface area is 158 Å². The largest absolute Gasteiger partial charge is 0.338 e. The quantitative estimate of drug-likeness (QED) is 0.442. The number of nitrogens with one attached hydrogen (secondary N) is 1. The van der Waals surface area contributed by atoms with E-state index in [2.05, 4.69) is 20.3 Å². The van der Waals surface area contributed by atoms with Crippen molar-refractivity contribution in [3.05, 3.63) is 76.6 Å². The Balaban J connectivity index is 1.60. The molecule has 2 aromatic carbocycles. The van der Waals surface area contributed by atoms with Gasteiger partial charge in [-0.2, -0.15) is 0 Å². The maximum Gasteiger partial charge on any atom is 0.156 e. The van der Waals surface area contributed by atoms with E-state index in [4.69, 9.17) is 11.6 Å². The average Bonchev–Trinajstić information content (AvgIpc) is 3.05. The predicted octanol–water partition coefficient (Wildman–Crippen LogP) is 5.98. The van der Waals surface area contributed by atoms with Gasteiger partial charge in [0.25, 0.3) is 0 Å². The molecule has 0 saturated heterocycles. The summed E-state index contributed by atoms with van der Waals surface area (Å²) in [5.74, 6) is 0.351. The summed E-state index contributed by atoms with van der Waals surface area (Å²) in [5, 5.41) is 4.59. The third kappa shape index (κ3) is 3.71. The standard InChI is InChI=1S/C19H12ClFN4S/c20-12-3-6-14(7-4-12)24-19-16(2-1-9-22-19)23-11-18-25-15-8-5-13(21)10-17(15)26-18/h1-11H,(H,22,24). The van der Waals surface area contributed by atoms with E-state index < -0.39 is 0 Å². The Kier molecular flexibility index (Phi) is 4.60. The van der Waals surface area contributed by atoms with Crippen LogP contribution in [-0.4, -0.2) is 16.2 Å². The van der Waals surface area contributed by atoms with E-state index >= 15 is 0 Å². The molecule has 0 aliphatic heterocycles. The van der Waals surface area contributed by atoms with Gasteiger partial charge in [-0.3, -0.25) is 0 Å². The second-order valence-electron chi connectivity index (χ2n) is 5.43. The van der Waals surface area contributed by atoms with Crippen LogP contribution in [0.1, 0.15) is 5.01 Å². The smallest absolute Gasteiger partial charge is 0.156 e. The van der Waals surface area contributed by atoms with Crippen LogP contribution in [-0.2, 0) is 0 Å². The fourth-order valence-electron chi connectivity index (χ4n) is 2.36. The van der Waals surface area contributed by atoms with Crippen LogP contribution in [0.5, 0.6) is 0 Å². The zero-order valence-corrected chi connectivity index (χ0v) is 14.9. The summed E-state index contributed by atoms with van der Waals surface area (Å²) in [4.78, 5) is 13.3. The average molecular weight is 383 g/mol. The number of hydrogen-bond donors (Lipinski definition) is 1. The van der Waals surface area contributed by atoms with Crippen LogP contribution in [0.15, 0.2) is 65.8 Å². The van der Waals surface area contributed by atoms with Crippen LogP contribution >= 0.6 is 22.9 Å². The molecule has 26 heavy (non-hydrogen) atoms. The number of thiazole rings is 1. The van der Waals surface area contributed by atoms with Crippen molar-refractivity contribution in [1.82, 2.24) is 9.97 Å². The Morgan fingerprint density at radius 2 is 1.96 bits per heavy atom. The van der Waals surface area contributed by atoms with Crippen molar-refractivity contribution in [2.75, 3.05) is 5.32 Å². The molecule has 2 aromatic heterocycles. The van der Waals surface area contributed by atoms with E-state index in [0.29, 0.717) is 21.5 Å². The Morgan fingerprint density at radius 3 is 2.81 bits per heavy atom. The number of hydrogen-bond acceptors (Lipinski definition) is 5. The molecular weight excluding hydrogens is 371 g/mol. The van der Waals surface area contributed by atoms with Crippen molar-refractivity contribution in [3.8, 4) is 0 Å². The number of anilines is 2. The lowest BCUT2D eigenvalue weighted by atomic mass is 10.3. The van der Waals surface area contributed by atoms with Crippen LogP contribution in [0, 0.1) is 5.82 Å². The van der Waals surface area contributed by atoms with Crippen LogP contribution in [0.25, 0.3) is 10.2 Å². The maximum atomic E-state index is 13.3. The highest BCUT2D eigenvalue weighted by molar-refractivity contribution is 7.20. The summed E-state index contributed by atoms with van der Waals surface area (Å²) in [7, 11) is 0. The van der Waals surface area contributed by atoms with Gasteiger partial charge in [0.1, 0.15) is 16.5 Å². The maximum absolute atomic E-state index is 13.3. The number of fused-ring (bicyclic) bond motifs is 1. The topological polar surface area (TPSA) is 50.2 Å². The lowest BCUT2D eigenvalue weighted by Crippen LogP contribution is -1.93. The number of rotatable bonds is 4. The highest BCUT2D eigenvalue weighted by atomic mass is 35.5. The molecule has 0 amide bonds. The molecule has 4 nitrogen and oxygen atoms in total. The molecule has 0 radical (unpaired) electrons. The first-order valence-corrected chi connectivity index (χ1v) is 8.94. The van der Waals surface area contributed by atoms with Gasteiger partial charge in [0.05, 0.1) is 16.4 Å². The third-order valence-electron chi connectivity index (χ3n) is 3.57.